The molecule has 0 fully saturated rings. The lowest BCUT2D eigenvalue weighted by Gasteiger charge is -2.06. The third-order valence-corrected chi connectivity index (χ3v) is 3.23. The van der Waals surface area contributed by atoms with Gasteiger partial charge in [0.25, 0.3) is 5.91 Å². The number of amides is 1. The number of thiazole rings is 1. The Morgan fingerprint density at radius 3 is 2.77 bits per heavy atom. The minimum Gasteiger partial charge on any atom is -0.435 e. The van der Waals surface area contributed by atoms with Crippen LogP contribution in [0.4, 0.5) is 19.6 Å². The maximum atomic E-state index is 12.0. The lowest BCUT2D eigenvalue weighted by atomic mass is 10.3. The van der Waals surface area contributed by atoms with Crippen molar-refractivity contribution in [3.8, 4) is 5.75 Å². The summed E-state index contributed by atoms with van der Waals surface area (Å²) in [4.78, 5) is 15.8. The first-order valence-corrected chi connectivity index (χ1v) is 7.13. The number of aromatic nitrogens is 1. The Bertz CT molecular complexity index is 644. The molecule has 22 heavy (non-hydrogen) atoms. The molecule has 0 radical (unpaired) electrons. The van der Waals surface area contributed by atoms with Gasteiger partial charge in [-0.25, -0.2) is 4.98 Å². The summed E-state index contributed by atoms with van der Waals surface area (Å²) in [6, 6.07) is 5.99. The minimum absolute atomic E-state index is 0.0733. The van der Waals surface area contributed by atoms with Crippen LogP contribution in [0.2, 0.25) is 0 Å². The Kier molecular flexibility index (Phi) is 5.42. The van der Waals surface area contributed by atoms with Gasteiger partial charge in [0.15, 0.2) is 5.13 Å². The molecule has 2 N–H and O–H groups in total. The van der Waals surface area contributed by atoms with E-state index in [9.17, 15) is 13.6 Å². The van der Waals surface area contributed by atoms with Crippen LogP contribution in [-0.2, 0) is 0 Å². The first kappa shape index (κ1) is 15.9. The third kappa shape index (κ3) is 4.52. The molecule has 8 heteroatoms. The quantitative estimate of drug-likeness (QED) is 0.766. The predicted molar refractivity (Wildman–Crippen MR) is 81.0 cm³/mol. The zero-order valence-corrected chi connectivity index (χ0v) is 12.2. The summed E-state index contributed by atoms with van der Waals surface area (Å²) in [6.07, 6.45) is 1.58. The van der Waals surface area contributed by atoms with E-state index < -0.39 is 6.61 Å². The molecule has 0 atom stereocenters. The highest BCUT2D eigenvalue weighted by Gasteiger charge is 2.10. The summed E-state index contributed by atoms with van der Waals surface area (Å²) >= 11 is 1.26. The molecule has 116 valence electrons. The van der Waals surface area contributed by atoms with Gasteiger partial charge < -0.3 is 15.4 Å². The second-order valence-corrected chi connectivity index (χ2v) is 4.92. The number of nitrogens with one attached hydrogen (secondary N) is 2. The van der Waals surface area contributed by atoms with Gasteiger partial charge in [0.2, 0.25) is 0 Å². The summed E-state index contributed by atoms with van der Waals surface area (Å²) in [5.41, 5.74) is 0.945. The van der Waals surface area contributed by atoms with Gasteiger partial charge >= 0.3 is 6.61 Å². The Balaban J connectivity index is 1.97. The average Bonchev–Trinajstić information content (AvgIpc) is 2.95. The van der Waals surface area contributed by atoms with Crippen LogP contribution in [0.5, 0.6) is 5.75 Å². The fourth-order valence-electron chi connectivity index (χ4n) is 1.53. The number of nitrogens with zero attached hydrogens (tertiary/aromatic N) is 1. The van der Waals surface area contributed by atoms with Crippen LogP contribution < -0.4 is 15.4 Å². The second-order valence-electron chi connectivity index (χ2n) is 4.06. The smallest absolute Gasteiger partial charge is 0.387 e. The van der Waals surface area contributed by atoms with Crippen molar-refractivity contribution < 1.29 is 18.3 Å². The zero-order chi connectivity index (χ0) is 15.9. The molecule has 0 spiro atoms. The first-order chi connectivity index (χ1) is 10.6. The molecule has 1 aromatic carbocycles. The second kappa shape index (κ2) is 7.51. The summed E-state index contributed by atoms with van der Waals surface area (Å²) in [6.45, 7) is 1.02. The fourth-order valence-corrected chi connectivity index (χ4v) is 2.24. The molecule has 1 amide bonds. The summed E-state index contributed by atoms with van der Waals surface area (Å²) in [5.74, 6) is -0.214. The largest absolute Gasteiger partial charge is 0.435 e. The van der Waals surface area contributed by atoms with Crippen LogP contribution in [0.25, 0.3) is 0 Å². The number of carbonyl (C=O) groups is 1. The zero-order valence-electron chi connectivity index (χ0n) is 11.4. The van der Waals surface area contributed by atoms with E-state index in [1.165, 1.54) is 23.5 Å². The van der Waals surface area contributed by atoms with Crippen molar-refractivity contribution in [2.75, 3.05) is 11.9 Å². The standard InChI is InChI=1S/C14H13F2N3O2S/c1-2-7-17-12(20)11-8-22-14(19-11)18-9-3-5-10(6-4-9)21-13(15)16/h2-6,8,13H,1,7H2,(H,17,20)(H,18,19). The molecule has 2 aromatic rings. The normalized spacial score (nSPS) is 10.3. The van der Waals surface area contributed by atoms with Gasteiger partial charge in [-0.3, -0.25) is 4.79 Å². The fraction of sp³-hybridized carbons (Fsp3) is 0.143. The summed E-state index contributed by atoms with van der Waals surface area (Å²) in [5, 5.41) is 7.74. The van der Waals surface area contributed by atoms with Gasteiger partial charge in [-0.05, 0) is 24.3 Å². The number of benzene rings is 1. The number of hydrogen-bond acceptors (Lipinski definition) is 5. The van der Waals surface area contributed by atoms with Crippen molar-refractivity contribution in [3.63, 3.8) is 0 Å². The van der Waals surface area contributed by atoms with Gasteiger partial charge in [-0.2, -0.15) is 8.78 Å². The number of alkyl halides is 2. The SMILES string of the molecule is C=CCNC(=O)c1csc(Nc2ccc(OC(F)F)cc2)n1. The van der Waals surface area contributed by atoms with E-state index in [2.05, 4.69) is 26.9 Å². The van der Waals surface area contributed by atoms with Crippen molar-refractivity contribution >= 4 is 28.1 Å². The monoisotopic (exact) mass is 325 g/mol. The topological polar surface area (TPSA) is 63.2 Å². The van der Waals surface area contributed by atoms with Gasteiger partial charge in [-0.15, -0.1) is 17.9 Å². The van der Waals surface area contributed by atoms with Crippen LogP contribution in [0.1, 0.15) is 10.5 Å². The van der Waals surface area contributed by atoms with E-state index >= 15 is 0 Å². The van der Waals surface area contributed by atoms with Crippen molar-refractivity contribution in [2.24, 2.45) is 0 Å². The third-order valence-electron chi connectivity index (χ3n) is 2.47. The molecule has 0 unspecified atom stereocenters. The van der Waals surface area contributed by atoms with E-state index in [1.807, 2.05) is 0 Å². The molecule has 5 nitrogen and oxygen atoms in total. The molecule has 0 saturated carbocycles. The number of ether oxygens (including phenoxy) is 1. The van der Waals surface area contributed by atoms with E-state index in [0.717, 1.165) is 0 Å². The molecular formula is C14H13F2N3O2S. The minimum atomic E-state index is -2.85. The van der Waals surface area contributed by atoms with Crippen molar-refractivity contribution in [1.82, 2.24) is 10.3 Å². The van der Waals surface area contributed by atoms with Crippen molar-refractivity contribution in [3.05, 3.63) is 48.0 Å². The van der Waals surface area contributed by atoms with Crippen LogP contribution in [-0.4, -0.2) is 24.0 Å². The molecule has 0 bridgehead atoms. The van der Waals surface area contributed by atoms with E-state index in [0.29, 0.717) is 23.1 Å². The predicted octanol–water partition coefficient (Wildman–Crippen LogP) is 3.40. The molecule has 0 aliphatic heterocycles. The van der Waals surface area contributed by atoms with Gasteiger partial charge in [-0.1, -0.05) is 6.08 Å². The number of halogens is 2. The maximum Gasteiger partial charge on any atom is 0.387 e. The molecule has 1 aromatic heterocycles. The number of rotatable bonds is 7. The average molecular weight is 325 g/mol. The van der Waals surface area contributed by atoms with E-state index in [1.54, 1.807) is 23.6 Å². The highest BCUT2D eigenvalue weighted by molar-refractivity contribution is 7.14. The maximum absolute atomic E-state index is 12.0. The molecule has 0 saturated heterocycles. The van der Waals surface area contributed by atoms with Gasteiger partial charge in [0.1, 0.15) is 11.4 Å². The van der Waals surface area contributed by atoms with Crippen molar-refractivity contribution in [2.45, 2.75) is 6.61 Å². The molecule has 2 rings (SSSR count). The van der Waals surface area contributed by atoms with Crippen LogP contribution >= 0.6 is 11.3 Å². The number of carbonyl (C=O) groups excluding carboxylic acids is 1. The van der Waals surface area contributed by atoms with Gasteiger partial charge in [0, 0.05) is 17.6 Å². The molecule has 0 aliphatic rings. The van der Waals surface area contributed by atoms with Crippen LogP contribution in [0.15, 0.2) is 42.3 Å². The van der Waals surface area contributed by atoms with Crippen molar-refractivity contribution in [1.29, 1.82) is 0 Å². The first-order valence-electron chi connectivity index (χ1n) is 6.25. The molecular weight excluding hydrogens is 312 g/mol. The lowest BCUT2D eigenvalue weighted by molar-refractivity contribution is -0.0498. The highest BCUT2D eigenvalue weighted by atomic mass is 32.1. The molecule has 0 aliphatic carbocycles. The Hall–Kier alpha value is -2.48. The van der Waals surface area contributed by atoms with E-state index in [-0.39, 0.29) is 11.7 Å². The number of hydrogen-bond donors (Lipinski definition) is 2. The summed E-state index contributed by atoms with van der Waals surface area (Å²) in [7, 11) is 0. The van der Waals surface area contributed by atoms with Crippen LogP contribution in [0.3, 0.4) is 0 Å². The summed E-state index contributed by atoms with van der Waals surface area (Å²) < 4.78 is 28.3. The number of anilines is 2. The van der Waals surface area contributed by atoms with E-state index in [4.69, 9.17) is 0 Å². The highest BCUT2D eigenvalue weighted by Crippen LogP contribution is 2.23. The Morgan fingerprint density at radius 2 is 2.14 bits per heavy atom. The Labute approximate surface area is 129 Å². The Morgan fingerprint density at radius 1 is 1.41 bits per heavy atom. The van der Waals surface area contributed by atoms with Crippen LogP contribution in [0, 0.1) is 0 Å². The van der Waals surface area contributed by atoms with Gasteiger partial charge in [0.05, 0.1) is 0 Å². The lowest BCUT2D eigenvalue weighted by Crippen LogP contribution is -2.23. The molecule has 1 heterocycles.